The van der Waals surface area contributed by atoms with Gasteiger partial charge in [0, 0.05) is 38.0 Å². The molecule has 0 radical (unpaired) electrons. The van der Waals surface area contributed by atoms with Gasteiger partial charge in [-0.1, -0.05) is 126 Å². The number of carbonyl (C=O) groups is 2. The molecule has 22 nitrogen and oxygen atoms in total. The van der Waals surface area contributed by atoms with Crippen LogP contribution < -0.4 is 27.7 Å². The van der Waals surface area contributed by atoms with E-state index >= 15 is 0 Å². The number of amides is 2. The second kappa shape index (κ2) is 34.7. The molecular formula is C66H102N10O12. The van der Waals surface area contributed by atoms with Crippen molar-refractivity contribution in [3.8, 4) is 0 Å². The Hall–Kier alpha value is -6.93. The van der Waals surface area contributed by atoms with Crippen molar-refractivity contribution in [3.63, 3.8) is 0 Å². The summed E-state index contributed by atoms with van der Waals surface area (Å²) in [6.45, 7) is 32.4. The lowest BCUT2D eigenvalue weighted by Gasteiger charge is -2.45. The number of nitrogens with zero attached hydrogens (tertiary/aromatic N) is 8. The Bertz CT molecular complexity index is 2960. The van der Waals surface area contributed by atoms with E-state index in [-0.39, 0.29) is 71.7 Å². The maximum atomic E-state index is 14.4. The lowest BCUT2D eigenvalue weighted by Crippen LogP contribution is -2.59. The van der Waals surface area contributed by atoms with Gasteiger partial charge in [0.1, 0.15) is 0 Å². The van der Waals surface area contributed by atoms with Crippen LogP contribution in [-0.2, 0) is 64.2 Å². The summed E-state index contributed by atoms with van der Waals surface area (Å²) in [6, 6.07) is 6.48. The first-order chi connectivity index (χ1) is 41.3. The second-order valence-corrected chi connectivity index (χ2v) is 28.5. The lowest BCUT2D eigenvalue weighted by molar-refractivity contribution is 0.0621. The van der Waals surface area contributed by atoms with Crippen molar-refractivity contribution in [2.24, 2.45) is 70.3 Å². The van der Waals surface area contributed by atoms with Gasteiger partial charge in [0.2, 0.25) is 30.4 Å². The molecule has 0 spiro atoms. The van der Waals surface area contributed by atoms with Gasteiger partial charge in [0.05, 0.1) is 49.0 Å². The average Bonchev–Trinajstić information content (AvgIpc) is 2.64. The Labute approximate surface area is 520 Å². The largest absolute Gasteiger partial charge is 0.450 e. The molecule has 1 aromatic carbocycles. The van der Waals surface area contributed by atoms with E-state index in [9.17, 15) is 47.9 Å². The SMILES string of the molecule is CC1CC(C)(C)CC(N=C=O)C1Cn1c(=O)n(CC2C(C)CC(C)(C)CC2N=C=O)c(=O)n(CC2(C)CC(N=C=O)CC(C)(C)C2)c1=O.CCCCOC(=O)NC(C)(C)c1cccc(C(C)(C)N=C=O)c1.CCCCOC(=O)NCCCCCCN=C=O. The number of aromatic nitrogens is 3. The third kappa shape index (κ3) is 23.9. The number of unbranched alkanes of at least 4 members (excludes halogenated alkanes) is 5. The molecule has 3 saturated carbocycles. The van der Waals surface area contributed by atoms with E-state index in [2.05, 4.69) is 84.1 Å². The molecule has 8 atom stereocenters. The van der Waals surface area contributed by atoms with E-state index in [4.69, 9.17) is 9.47 Å². The molecule has 1 aromatic heterocycles. The van der Waals surface area contributed by atoms with Gasteiger partial charge in [0.25, 0.3) is 0 Å². The maximum absolute atomic E-state index is 14.4. The van der Waals surface area contributed by atoms with Gasteiger partial charge in [-0.25, -0.2) is 81.6 Å². The highest BCUT2D eigenvalue weighted by Crippen LogP contribution is 2.48. The molecule has 3 aliphatic rings. The van der Waals surface area contributed by atoms with Crippen LogP contribution >= 0.6 is 0 Å². The number of benzene rings is 1. The Morgan fingerprint density at radius 1 is 0.602 bits per heavy atom. The van der Waals surface area contributed by atoms with Crippen LogP contribution in [0.2, 0.25) is 0 Å². The van der Waals surface area contributed by atoms with Crippen LogP contribution in [0.1, 0.15) is 211 Å². The number of alkyl carbamates (subject to hydrolysis) is 2. The standard InChI is InChI=1S/C36H54N6O6.C18H26N2O3.C12H22N2O3/c1-23-10-33(3,4)14-28(38-21-44)26(23)16-40-30(46)41(17-27-24(2)11-34(5,6)15-29(27)39-22-45)32(48)42(31(40)47)19-36(9)13-25(37-20-43)12-35(7,8)18-36;1-6-7-11-23-16(22)20-18(4,5)15-10-8-9-14(12-15)17(2,3)19-13-21;1-2-3-10-17-12(16)14-9-7-5-4-6-8-13-11-15/h23-29H,10-19H2,1-9H3;8-10,12H,6-7,11H2,1-5H3,(H,20,22);2-10H2,1H3,(H,14,16). The highest BCUT2D eigenvalue weighted by Gasteiger charge is 2.45. The van der Waals surface area contributed by atoms with Crippen molar-refractivity contribution < 1.29 is 43.0 Å². The molecule has 5 rings (SSSR count). The van der Waals surface area contributed by atoms with Gasteiger partial charge >= 0.3 is 29.3 Å². The fourth-order valence-corrected chi connectivity index (χ4v) is 13.6. The minimum Gasteiger partial charge on any atom is -0.450 e. The lowest BCUT2D eigenvalue weighted by atomic mass is 9.62. The van der Waals surface area contributed by atoms with Crippen molar-refractivity contribution in [2.75, 3.05) is 26.3 Å². The Morgan fingerprint density at radius 3 is 1.60 bits per heavy atom. The molecule has 2 amide bonds. The summed E-state index contributed by atoms with van der Waals surface area (Å²) in [5.41, 5.74) is -2.56. The first-order valence-corrected chi connectivity index (χ1v) is 31.5. The van der Waals surface area contributed by atoms with Gasteiger partial charge in [-0.3, -0.25) is 0 Å². The second-order valence-electron chi connectivity index (χ2n) is 28.5. The zero-order chi connectivity index (χ0) is 66.1. The molecule has 0 bridgehead atoms. The zero-order valence-corrected chi connectivity index (χ0v) is 55.4. The Balaban J connectivity index is 0.000000417. The van der Waals surface area contributed by atoms with E-state index in [0.717, 1.165) is 84.5 Å². The normalized spacial score (nSPS) is 23.3. The molecule has 1 heterocycles. The molecule has 488 valence electrons. The monoisotopic (exact) mass is 1230 g/mol. The van der Waals surface area contributed by atoms with Crippen LogP contribution in [0.15, 0.2) is 63.6 Å². The summed E-state index contributed by atoms with van der Waals surface area (Å²) in [7, 11) is 0. The summed E-state index contributed by atoms with van der Waals surface area (Å²) >= 11 is 0. The number of isocyanates is 5. The molecule has 22 heteroatoms. The van der Waals surface area contributed by atoms with E-state index in [1.54, 1.807) is 24.3 Å². The molecule has 8 unspecified atom stereocenters. The average molecular weight is 1230 g/mol. The van der Waals surface area contributed by atoms with E-state index in [1.165, 1.54) is 10.6 Å². The van der Waals surface area contributed by atoms with E-state index < -0.39 is 51.7 Å². The summed E-state index contributed by atoms with van der Waals surface area (Å²) in [5, 5.41) is 5.57. The van der Waals surface area contributed by atoms with Crippen molar-refractivity contribution >= 4 is 42.6 Å². The van der Waals surface area contributed by atoms with Gasteiger partial charge in [-0.05, 0) is 143 Å². The predicted octanol–water partition coefficient (Wildman–Crippen LogP) is 11.1. The topological polar surface area (TPSA) is 290 Å². The van der Waals surface area contributed by atoms with Gasteiger partial charge in [0.15, 0.2) is 0 Å². The zero-order valence-electron chi connectivity index (χ0n) is 55.4. The quantitative estimate of drug-likeness (QED) is 0.0505. The van der Waals surface area contributed by atoms with Crippen LogP contribution in [0.4, 0.5) is 9.59 Å². The molecule has 3 aliphatic carbocycles. The van der Waals surface area contributed by atoms with Crippen LogP contribution in [-0.4, -0.2) is 101 Å². The first kappa shape index (κ1) is 75.3. The molecule has 0 aliphatic heterocycles. The van der Waals surface area contributed by atoms with E-state index in [0.29, 0.717) is 58.4 Å². The van der Waals surface area contributed by atoms with Gasteiger partial charge in [-0.15, -0.1) is 0 Å². The molecule has 2 aromatic rings. The predicted molar refractivity (Wildman–Crippen MR) is 338 cm³/mol. The number of rotatable bonds is 26. The Kier molecular flexibility index (Phi) is 29.7. The third-order valence-corrected chi connectivity index (χ3v) is 17.6. The van der Waals surface area contributed by atoms with Gasteiger partial charge in [-0.2, -0.15) is 4.99 Å². The molecule has 88 heavy (non-hydrogen) atoms. The summed E-state index contributed by atoms with van der Waals surface area (Å²) in [5.74, 6) is -0.550. The molecule has 0 saturated heterocycles. The van der Waals surface area contributed by atoms with Gasteiger partial charge < -0.3 is 20.1 Å². The fourth-order valence-electron chi connectivity index (χ4n) is 13.6. The number of aliphatic imine (C=N–C) groups is 5. The molecule has 3 fully saturated rings. The van der Waals surface area contributed by atoms with Crippen LogP contribution in [0.5, 0.6) is 0 Å². The molecular weight excluding hydrogens is 1120 g/mol. The fraction of sp³-hybridized carbons (Fsp3) is 0.758. The first-order valence-electron chi connectivity index (χ1n) is 31.5. The van der Waals surface area contributed by atoms with Crippen molar-refractivity contribution in [1.29, 1.82) is 0 Å². The molecule has 2 N–H and O–H groups in total. The van der Waals surface area contributed by atoms with Crippen LogP contribution in [0, 0.1) is 45.3 Å². The number of hydrogen-bond acceptors (Lipinski definition) is 17. The summed E-state index contributed by atoms with van der Waals surface area (Å²) in [4.78, 5) is 140. The number of ether oxygens (including phenoxy) is 2. The minimum absolute atomic E-state index is 0.00548. The van der Waals surface area contributed by atoms with Crippen molar-refractivity contribution in [1.82, 2.24) is 24.3 Å². The maximum Gasteiger partial charge on any atom is 0.407 e. The van der Waals surface area contributed by atoms with Crippen molar-refractivity contribution in [2.45, 2.75) is 249 Å². The number of nitrogens with one attached hydrogen (secondary N) is 2. The smallest absolute Gasteiger partial charge is 0.407 e. The summed E-state index contributed by atoms with van der Waals surface area (Å²) in [6.07, 6.45) is 19.7. The van der Waals surface area contributed by atoms with Crippen LogP contribution in [0.25, 0.3) is 0 Å². The highest BCUT2D eigenvalue weighted by atomic mass is 16.6. The number of carbonyl (C=O) groups excluding carboxylic acids is 7. The van der Waals surface area contributed by atoms with E-state index in [1.807, 2.05) is 79.7 Å². The summed E-state index contributed by atoms with van der Waals surface area (Å²) < 4.78 is 13.6. The van der Waals surface area contributed by atoms with Crippen molar-refractivity contribution in [3.05, 3.63) is 66.8 Å². The van der Waals surface area contributed by atoms with Crippen LogP contribution in [0.3, 0.4) is 0 Å². The Morgan fingerprint density at radius 2 is 1.10 bits per heavy atom. The number of hydrogen-bond donors (Lipinski definition) is 2. The third-order valence-electron chi connectivity index (χ3n) is 17.6. The minimum atomic E-state index is -0.712. The highest BCUT2D eigenvalue weighted by molar-refractivity contribution is 5.68.